The molecule has 20 heavy (non-hydrogen) atoms. The molecule has 2 unspecified atom stereocenters. The summed E-state index contributed by atoms with van der Waals surface area (Å²) in [7, 11) is 0. The first kappa shape index (κ1) is 13.4. The zero-order valence-electron chi connectivity index (χ0n) is 11.4. The molecular weight excluding hydrogens is 318 g/mol. The molecule has 0 saturated heterocycles. The van der Waals surface area contributed by atoms with E-state index in [1.54, 1.807) is 0 Å². The number of nitrogens with zero attached hydrogens (tertiary/aromatic N) is 1. The number of rotatable bonds is 4. The molecule has 0 fully saturated rings. The third-order valence-electron chi connectivity index (χ3n) is 3.44. The number of hydrogen-bond acceptors (Lipinski definition) is 3. The summed E-state index contributed by atoms with van der Waals surface area (Å²) < 4.78 is 6.96. The van der Waals surface area contributed by atoms with Crippen LogP contribution in [0.2, 0.25) is 0 Å². The van der Waals surface area contributed by atoms with Gasteiger partial charge in [0.05, 0.1) is 12.2 Å². The van der Waals surface area contributed by atoms with Gasteiger partial charge in [-0.3, -0.25) is 5.10 Å². The fraction of sp³-hybridized carbons (Fsp3) is 0.267. The maximum Gasteiger partial charge on any atom is 0.134 e. The third kappa shape index (κ3) is 2.64. The van der Waals surface area contributed by atoms with Crippen LogP contribution in [0.15, 0.2) is 45.5 Å². The average Bonchev–Trinajstić information content (AvgIpc) is 3.07. The molecule has 0 aliphatic rings. The molecule has 0 bridgehead atoms. The van der Waals surface area contributed by atoms with E-state index >= 15 is 0 Å². The number of nitrogens with one attached hydrogen (secondary N) is 2. The molecule has 0 amide bonds. The fourth-order valence-electron chi connectivity index (χ4n) is 2.30. The van der Waals surface area contributed by atoms with E-state index in [2.05, 4.69) is 57.4 Å². The quantitative estimate of drug-likeness (QED) is 0.747. The number of aromatic amines is 1. The number of halogens is 1. The Labute approximate surface area is 125 Å². The highest BCUT2D eigenvalue weighted by atomic mass is 79.9. The van der Waals surface area contributed by atoms with Crippen LogP contribution in [0.4, 0.5) is 0 Å². The lowest BCUT2D eigenvalue weighted by Crippen LogP contribution is -2.21. The lowest BCUT2D eigenvalue weighted by Gasteiger charge is -2.17. The lowest BCUT2D eigenvalue weighted by atomic mass is 10.1. The molecule has 0 radical (unpaired) electrons. The molecule has 2 atom stereocenters. The summed E-state index contributed by atoms with van der Waals surface area (Å²) in [5, 5.41) is 11.4. The Morgan fingerprint density at radius 1 is 1.25 bits per heavy atom. The number of furan rings is 1. The van der Waals surface area contributed by atoms with Crippen LogP contribution >= 0.6 is 15.9 Å². The zero-order valence-corrected chi connectivity index (χ0v) is 12.9. The molecule has 2 N–H and O–H groups in total. The van der Waals surface area contributed by atoms with Crippen molar-refractivity contribution in [2.45, 2.75) is 25.9 Å². The van der Waals surface area contributed by atoms with Gasteiger partial charge >= 0.3 is 0 Å². The summed E-state index contributed by atoms with van der Waals surface area (Å²) >= 11 is 3.48. The van der Waals surface area contributed by atoms with E-state index < -0.39 is 0 Å². The Balaban J connectivity index is 1.80. The van der Waals surface area contributed by atoms with E-state index in [4.69, 9.17) is 4.42 Å². The van der Waals surface area contributed by atoms with Crippen molar-refractivity contribution in [2.24, 2.45) is 0 Å². The van der Waals surface area contributed by atoms with Gasteiger partial charge in [0, 0.05) is 27.7 Å². The molecule has 0 saturated carbocycles. The van der Waals surface area contributed by atoms with Gasteiger partial charge in [-0.05, 0) is 38.1 Å². The molecule has 2 heterocycles. The van der Waals surface area contributed by atoms with Gasteiger partial charge in [0.2, 0.25) is 0 Å². The molecular formula is C15H16BrN3O. The van der Waals surface area contributed by atoms with Crippen molar-refractivity contribution >= 4 is 26.9 Å². The third-order valence-corrected chi connectivity index (χ3v) is 3.94. The van der Waals surface area contributed by atoms with Crippen molar-refractivity contribution in [3.63, 3.8) is 0 Å². The van der Waals surface area contributed by atoms with E-state index in [-0.39, 0.29) is 12.1 Å². The van der Waals surface area contributed by atoms with Gasteiger partial charge in [-0.15, -0.1) is 0 Å². The highest BCUT2D eigenvalue weighted by molar-refractivity contribution is 9.10. The standard InChI is InChI=1S/C15H16BrN3O/c1-9(12-7-17-18-8-12)19-10(2)15-6-11-5-13(16)3-4-14(11)20-15/h3-10,19H,1-2H3,(H,17,18). The van der Waals surface area contributed by atoms with E-state index in [1.807, 2.05) is 24.5 Å². The Morgan fingerprint density at radius 3 is 2.85 bits per heavy atom. The Bertz CT molecular complexity index is 705. The van der Waals surface area contributed by atoms with Crippen LogP contribution in [0.5, 0.6) is 0 Å². The largest absolute Gasteiger partial charge is 0.459 e. The molecule has 0 spiro atoms. The van der Waals surface area contributed by atoms with Crippen LogP contribution in [0.3, 0.4) is 0 Å². The molecule has 2 aromatic heterocycles. The number of aromatic nitrogens is 2. The van der Waals surface area contributed by atoms with Crippen LogP contribution in [-0.4, -0.2) is 10.2 Å². The second kappa shape index (κ2) is 5.42. The maximum atomic E-state index is 5.90. The van der Waals surface area contributed by atoms with Gasteiger partial charge in [0.1, 0.15) is 11.3 Å². The van der Waals surface area contributed by atoms with Crippen LogP contribution in [-0.2, 0) is 0 Å². The first-order chi connectivity index (χ1) is 9.63. The average molecular weight is 334 g/mol. The maximum absolute atomic E-state index is 5.90. The second-order valence-electron chi connectivity index (χ2n) is 4.97. The van der Waals surface area contributed by atoms with E-state index in [1.165, 1.54) is 0 Å². The van der Waals surface area contributed by atoms with Crippen molar-refractivity contribution in [1.29, 1.82) is 0 Å². The Hall–Kier alpha value is -1.59. The number of H-pyrrole nitrogens is 1. The Kier molecular flexibility index (Phi) is 3.63. The summed E-state index contributed by atoms with van der Waals surface area (Å²) in [6.45, 7) is 4.21. The monoisotopic (exact) mass is 333 g/mol. The van der Waals surface area contributed by atoms with Crippen molar-refractivity contribution in [3.05, 3.63) is 52.5 Å². The van der Waals surface area contributed by atoms with Gasteiger partial charge in [0.25, 0.3) is 0 Å². The highest BCUT2D eigenvalue weighted by Crippen LogP contribution is 2.27. The van der Waals surface area contributed by atoms with Crippen LogP contribution in [0.1, 0.15) is 37.3 Å². The first-order valence-electron chi connectivity index (χ1n) is 6.57. The molecule has 3 aromatic rings. The Morgan fingerprint density at radius 2 is 2.10 bits per heavy atom. The van der Waals surface area contributed by atoms with Crippen molar-refractivity contribution in [2.75, 3.05) is 0 Å². The summed E-state index contributed by atoms with van der Waals surface area (Å²) in [4.78, 5) is 0. The van der Waals surface area contributed by atoms with E-state index in [9.17, 15) is 0 Å². The first-order valence-corrected chi connectivity index (χ1v) is 7.36. The summed E-state index contributed by atoms with van der Waals surface area (Å²) in [6, 6.07) is 8.46. The molecule has 1 aromatic carbocycles. The molecule has 104 valence electrons. The second-order valence-corrected chi connectivity index (χ2v) is 5.89. The van der Waals surface area contributed by atoms with E-state index in [0.717, 1.165) is 26.8 Å². The van der Waals surface area contributed by atoms with Gasteiger partial charge in [-0.2, -0.15) is 5.10 Å². The van der Waals surface area contributed by atoms with Gasteiger partial charge in [-0.25, -0.2) is 0 Å². The highest BCUT2D eigenvalue weighted by Gasteiger charge is 2.15. The van der Waals surface area contributed by atoms with E-state index in [0.29, 0.717) is 0 Å². The molecule has 0 aliphatic carbocycles. The molecule has 4 nitrogen and oxygen atoms in total. The minimum atomic E-state index is 0.131. The predicted molar refractivity (Wildman–Crippen MR) is 82.5 cm³/mol. The number of hydrogen-bond donors (Lipinski definition) is 2. The zero-order chi connectivity index (χ0) is 14.1. The van der Waals surface area contributed by atoms with Crippen molar-refractivity contribution < 1.29 is 4.42 Å². The summed E-state index contributed by atoms with van der Waals surface area (Å²) in [6.07, 6.45) is 3.74. The normalized spacial score (nSPS) is 14.6. The van der Waals surface area contributed by atoms with Crippen LogP contribution < -0.4 is 5.32 Å². The lowest BCUT2D eigenvalue weighted by molar-refractivity contribution is 0.417. The van der Waals surface area contributed by atoms with Gasteiger partial charge in [-0.1, -0.05) is 15.9 Å². The molecule has 5 heteroatoms. The number of benzene rings is 1. The smallest absolute Gasteiger partial charge is 0.134 e. The SMILES string of the molecule is CC(NC(C)c1cc2cc(Br)ccc2o1)c1cn[nH]c1. The van der Waals surface area contributed by atoms with Crippen molar-refractivity contribution in [1.82, 2.24) is 15.5 Å². The predicted octanol–water partition coefficient (Wildman–Crippen LogP) is 4.33. The van der Waals surface area contributed by atoms with Crippen molar-refractivity contribution in [3.8, 4) is 0 Å². The topological polar surface area (TPSA) is 53.9 Å². The minimum absolute atomic E-state index is 0.131. The molecule has 0 aliphatic heterocycles. The molecule has 3 rings (SSSR count). The van der Waals surface area contributed by atoms with Gasteiger partial charge in [0.15, 0.2) is 0 Å². The van der Waals surface area contributed by atoms with Crippen LogP contribution in [0, 0.1) is 0 Å². The minimum Gasteiger partial charge on any atom is -0.459 e. The summed E-state index contributed by atoms with van der Waals surface area (Å²) in [5.74, 6) is 0.938. The van der Waals surface area contributed by atoms with Gasteiger partial charge < -0.3 is 9.73 Å². The van der Waals surface area contributed by atoms with Crippen LogP contribution in [0.25, 0.3) is 11.0 Å². The fourth-order valence-corrected chi connectivity index (χ4v) is 2.68. The number of fused-ring (bicyclic) bond motifs is 1. The summed E-state index contributed by atoms with van der Waals surface area (Å²) in [5.41, 5.74) is 2.04.